The Labute approximate surface area is 122 Å². The van der Waals surface area contributed by atoms with Gasteiger partial charge in [0.1, 0.15) is 6.61 Å². The summed E-state index contributed by atoms with van der Waals surface area (Å²) < 4.78 is 11.4. The predicted octanol–water partition coefficient (Wildman–Crippen LogP) is 3.22. The van der Waals surface area contributed by atoms with E-state index >= 15 is 0 Å². The number of rotatable bonds is 4. The van der Waals surface area contributed by atoms with Crippen molar-refractivity contribution in [3.8, 4) is 11.5 Å². The number of para-hydroxylation sites is 1. The summed E-state index contributed by atoms with van der Waals surface area (Å²) in [7, 11) is 0. The van der Waals surface area contributed by atoms with Crippen molar-refractivity contribution in [3.05, 3.63) is 59.7 Å². The lowest BCUT2D eigenvalue weighted by Gasteiger charge is -2.24. The zero-order valence-electron chi connectivity index (χ0n) is 11.5. The SMILES string of the molecule is O=C(O)[C@@H]1CCOc2c(OCc3ccccc3)cccc21. The largest absolute Gasteiger partial charge is 0.489 e. The van der Waals surface area contributed by atoms with Gasteiger partial charge in [-0.25, -0.2) is 0 Å². The maximum absolute atomic E-state index is 11.3. The van der Waals surface area contributed by atoms with Gasteiger partial charge in [0, 0.05) is 5.56 Å². The Morgan fingerprint density at radius 3 is 2.76 bits per heavy atom. The van der Waals surface area contributed by atoms with Crippen molar-refractivity contribution < 1.29 is 19.4 Å². The number of hydrogen-bond acceptors (Lipinski definition) is 3. The molecular formula is C17H16O4. The number of carbonyl (C=O) groups is 1. The van der Waals surface area contributed by atoms with Crippen LogP contribution < -0.4 is 9.47 Å². The molecule has 1 aliphatic heterocycles. The maximum atomic E-state index is 11.3. The highest BCUT2D eigenvalue weighted by Crippen LogP contribution is 2.40. The molecule has 0 aromatic heterocycles. The molecule has 1 aliphatic rings. The van der Waals surface area contributed by atoms with Crippen molar-refractivity contribution in [2.45, 2.75) is 18.9 Å². The van der Waals surface area contributed by atoms with Crippen LogP contribution in [-0.4, -0.2) is 17.7 Å². The molecule has 2 aromatic carbocycles. The molecule has 4 heteroatoms. The van der Waals surface area contributed by atoms with Crippen LogP contribution in [-0.2, 0) is 11.4 Å². The van der Waals surface area contributed by atoms with E-state index < -0.39 is 11.9 Å². The molecule has 2 aromatic rings. The van der Waals surface area contributed by atoms with Crippen molar-refractivity contribution in [2.24, 2.45) is 0 Å². The van der Waals surface area contributed by atoms with Crippen molar-refractivity contribution in [2.75, 3.05) is 6.61 Å². The Morgan fingerprint density at radius 2 is 2.00 bits per heavy atom. The van der Waals surface area contributed by atoms with Crippen LogP contribution in [0.3, 0.4) is 0 Å². The number of ether oxygens (including phenoxy) is 2. The molecule has 1 N–H and O–H groups in total. The lowest BCUT2D eigenvalue weighted by atomic mass is 9.93. The third-order valence-electron chi connectivity index (χ3n) is 3.57. The number of carboxylic acids is 1. The van der Waals surface area contributed by atoms with E-state index in [0.717, 1.165) is 5.56 Å². The molecular weight excluding hydrogens is 268 g/mol. The van der Waals surface area contributed by atoms with Gasteiger partial charge >= 0.3 is 5.97 Å². The van der Waals surface area contributed by atoms with Crippen LogP contribution in [0, 0.1) is 0 Å². The van der Waals surface area contributed by atoms with Crippen molar-refractivity contribution in [1.82, 2.24) is 0 Å². The van der Waals surface area contributed by atoms with Crippen molar-refractivity contribution in [1.29, 1.82) is 0 Å². The molecule has 0 saturated carbocycles. The first kappa shape index (κ1) is 13.5. The van der Waals surface area contributed by atoms with Gasteiger partial charge < -0.3 is 14.6 Å². The molecule has 1 atom stereocenters. The quantitative estimate of drug-likeness (QED) is 0.936. The first-order valence-electron chi connectivity index (χ1n) is 6.91. The van der Waals surface area contributed by atoms with Gasteiger partial charge in [-0.05, 0) is 18.1 Å². The summed E-state index contributed by atoms with van der Waals surface area (Å²) in [5.74, 6) is -0.178. The maximum Gasteiger partial charge on any atom is 0.311 e. The van der Waals surface area contributed by atoms with Gasteiger partial charge in [0.15, 0.2) is 11.5 Å². The Morgan fingerprint density at radius 1 is 1.19 bits per heavy atom. The van der Waals surface area contributed by atoms with Crippen LogP contribution in [0.4, 0.5) is 0 Å². The highest BCUT2D eigenvalue weighted by molar-refractivity contribution is 5.78. The molecule has 0 spiro atoms. The minimum atomic E-state index is -0.820. The second-order valence-corrected chi connectivity index (χ2v) is 4.98. The lowest BCUT2D eigenvalue weighted by Crippen LogP contribution is -2.21. The van der Waals surface area contributed by atoms with Crippen LogP contribution in [0.15, 0.2) is 48.5 Å². The molecule has 0 unspecified atom stereocenters. The van der Waals surface area contributed by atoms with Gasteiger partial charge in [0.05, 0.1) is 12.5 Å². The first-order valence-corrected chi connectivity index (χ1v) is 6.91. The van der Waals surface area contributed by atoms with E-state index in [1.807, 2.05) is 42.5 Å². The predicted molar refractivity (Wildman–Crippen MR) is 77.7 cm³/mol. The highest BCUT2D eigenvalue weighted by Gasteiger charge is 2.29. The molecule has 21 heavy (non-hydrogen) atoms. The second-order valence-electron chi connectivity index (χ2n) is 4.98. The normalized spacial score (nSPS) is 16.7. The van der Waals surface area contributed by atoms with Crippen LogP contribution in [0.5, 0.6) is 11.5 Å². The van der Waals surface area contributed by atoms with Crippen LogP contribution in [0.1, 0.15) is 23.5 Å². The summed E-state index contributed by atoms with van der Waals surface area (Å²) in [6.45, 7) is 0.827. The van der Waals surface area contributed by atoms with E-state index in [0.29, 0.717) is 36.7 Å². The molecule has 0 radical (unpaired) electrons. The van der Waals surface area contributed by atoms with Crippen LogP contribution in [0.2, 0.25) is 0 Å². The minimum Gasteiger partial charge on any atom is -0.489 e. The monoisotopic (exact) mass is 284 g/mol. The molecule has 1 heterocycles. The summed E-state index contributed by atoms with van der Waals surface area (Å²) in [5, 5.41) is 9.29. The number of aliphatic carboxylic acids is 1. The first-order chi connectivity index (χ1) is 10.3. The van der Waals surface area contributed by atoms with Gasteiger partial charge in [0.2, 0.25) is 0 Å². The van der Waals surface area contributed by atoms with Gasteiger partial charge in [0.25, 0.3) is 0 Å². The van der Waals surface area contributed by atoms with Crippen LogP contribution in [0.25, 0.3) is 0 Å². The summed E-state index contributed by atoms with van der Waals surface area (Å²) in [4.78, 5) is 11.3. The fourth-order valence-corrected chi connectivity index (χ4v) is 2.50. The third-order valence-corrected chi connectivity index (χ3v) is 3.57. The van der Waals surface area contributed by atoms with Gasteiger partial charge in [-0.1, -0.05) is 42.5 Å². The Bertz CT molecular complexity index is 636. The molecule has 3 rings (SSSR count). The van der Waals surface area contributed by atoms with Gasteiger partial charge in [-0.15, -0.1) is 0 Å². The fraction of sp³-hybridized carbons (Fsp3) is 0.235. The zero-order valence-corrected chi connectivity index (χ0v) is 11.5. The molecule has 0 amide bonds. The van der Waals surface area contributed by atoms with E-state index in [4.69, 9.17) is 9.47 Å². The van der Waals surface area contributed by atoms with E-state index in [1.165, 1.54) is 0 Å². The average Bonchev–Trinajstić information content (AvgIpc) is 2.53. The summed E-state index contributed by atoms with van der Waals surface area (Å²) in [5.41, 5.74) is 1.75. The average molecular weight is 284 g/mol. The van der Waals surface area contributed by atoms with Gasteiger partial charge in [-0.3, -0.25) is 4.79 Å². The highest BCUT2D eigenvalue weighted by atomic mass is 16.5. The van der Waals surface area contributed by atoms with E-state index in [-0.39, 0.29) is 0 Å². The molecule has 4 nitrogen and oxygen atoms in total. The summed E-state index contributed by atoms with van der Waals surface area (Å²) in [6, 6.07) is 15.2. The van der Waals surface area contributed by atoms with Gasteiger partial charge in [-0.2, -0.15) is 0 Å². The van der Waals surface area contributed by atoms with E-state index in [1.54, 1.807) is 6.07 Å². The topological polar surface area (TPSA) is 55.8 Å². The van der Waals surface area contributed by atoms with E-state index in [2.05, 4.69) is 0 Å². The fourth-order valence-electron chi connectivity index (χ4n) is 2.50. The molecule has 0 saturated heterocycles. The Hall–Kier alpha value is -2.49. The van der Waals surface area contributed by atoms with E-state index in [9.17, 15) is 9.90 Å². The van der Waals surface area contributed by atoms with Crippen LogP contribution >= 0.6 is 0 Å². The Kier molecular flexibility index (Phi) is 3.77. The minimum absolute atomic E-state index is 0.398. The number of benzene rings is 2. The number of fused-ring (bicyclic) bond motifs is 1. The second kappa shape index (κ2) is 5.87. The summed E-state index contributed by atoms with van der Waals surface area (Å²) >= 11 is 0. The molecule has 0 aliphatic carbocycles. The smallest absolute Gasteiger partial charge is 0.311 e. The molecule has 0 bridgehead atoms. The molecule has 0 fully saturated rings. The third kappa shape index (κ3) is 2.84. The number of hydrogen-bond donors (Lipinski definition) is 1. The Balaban J connectivity index is 1.84. The molecule has 108 valence electrons. The number of carboxylic acid groups (broad SMARTS) is 1. The zero-order chi connectivity index (χ0) is 14.7. The van der Waals surface area contributed by atoms with Crippen molar-refractivity contribution >= 4 is 5.97 Å². The standard InChI is InChI=1S/C17H16O4/c18-17(19)14-9-10-20-16-13(14)7-4-8-15(16)21-11-12-5-2-1-3-6-12/h1-8,14H,9-11H2,(H,18,19)/t14-/m1/s1. The lowest BCUT2D eigenvalue weighted by molar-refractivity contribution is -0.139. The summed E-state index contributed by atoms with van der Waals surface area (Å²) in [6.07, 6.45) is 0.491. The van der Waals surface area contributed by atoms with Crippen molar-refractivity contribution in [3.63, 3.8) is 0 Å².